The number of hydrogen-bond acceptors (Lipinski definition) is 13. The van der Waals surface area contributed by atoms with Gasteiger partial charge in [0.25, 0.3) is 0 Å². The maximum atomic E-state index is 13.6. The van der Waals surface area contributed by atoms with Gasteiger partial charge >= 0.3 is 0 Å². The average molecular weight is 831 g/mol. The van der Waals surface area contributed by atoms with Gasteiger partial charge in [-0.1, -0.05) is 24.3 Å². The smallest absolute Gasteiger partial charge is 0.246 e. The molecule has 312 valence electrons. The van der Waals surface area contributed by atoms with Crippen LogP contribution in [0.15, 0.2) is 71.8 Å². The highest BCUT2D eigenvalue weighted by molar-refractivity contribution is 7.89. The Morgan fingerprint density at radius 3 is 2.32 bits per heavy atom. The Bertz CT molecular complexity index is 2620. The molecule has 0 saturated carbocycles. The summed E-state index contributed by atoms with van der Waals surface area (Å²) >= 11 is 0. The molecule has 3 aromatic carbocycles. The van der Waals surface area contributed by atoms with E-state index in [1.54, 1.807) is 44.9 Å². The van der Waals surface area contributed by atoms with Gasteiger partial charge in [0.1, 0.15) is 16.8 Å². The van der Waals surface area contributed by atoms with Gasteiger partial charge in [-0.2, -0.15) is 29.6 Å². The largest absolute Gasteiger partial charge is 0.347 e. The number of imidazole rings is 1. The zero-order valence-corrected chi connectivity index (χ0v) is 35.7. The van der Waals surface area contributed by atoms with Crippen molar-refractivity contribution in [1.29, 1.82) is 5.26 Å². The second-order valence-corrected chi connectivity index (χ2v) is 17.3. The van der Waals surface area contributed by atoms with Crippen LogP contribution in [0.3, 0.4) is 0 Å². The third-order valence-corrected chi connectivity index (χ3v) is 12.8. The van der Waals surface area contributed by atoms with E-state index >= 15 is 0 Å². The second kappa shape index (κ2) is 17.4. The van der Waals surface area contributed by atoms with Gasteiger partial charge in [-0.3, -0.25) is 14.4 Å². The molecule has 6 aromatic rings. The van der Waals surface area contributed by atoms with Crippen molar-refractivity contribution < 1.29 is 13.2 Å². The molecule has 1 aliphatic rings. The van der Waals surface area contributed by atoms with Crippen LogP contribution >= 0.6 is 0 Å². The lowest BCUT2D eigenvalue weighted by Crippen LogP contribution is -2.48. The van der Waals surface area contributed by atoms with E-state index in [4.69, 9.17) is 19.9 Å². The number of piperazine rings is 1. The number of nitriles is 1. The van der Waals surface area contributed by atoms with Gasteiger partial charge in [0, 0.05) is 73.0 Å². The van der Waals surface area contributed by atoms with Crippen molar-refractivity contribution >= 4 is 50.5 Å². The minimum atomic E-state index is -3.64. The first-order valence-corrected chi connectivity index (χ1v) is 21.1. The molecule has 18 heteroatoms. The summed E-state index contributed by atoms with van der Waals surface area (Å²) in [5.41, 5.74) is 7.94. The maximum Gasteiger partial charge on any atom is 0.246 e. The molecule has 1 aliphatic heterocycles. The van der Waals surface area contributed by atoms with Crippen molar-refractivity contribution in [1.82, 2.24) is 48.8 Å². The van der Waals surface area contributed by atoms with Gasteiger partial charge in [-0.05, 0) is 79.4 Å². The van der Waals surface area contributed by atoms with E-state index in [1.165, 1.54) is 21.0 Å². The number of amides is 1. The number of fused-ring (bicyclic) bond motifs is 1. The summed E-state index contributed by atoms with van der Waals surface area (Å²) in [7, 11) is 3.37. The molecular weight excluding hydrogens is 781 g/mol. The van der Waals surface area contributed by atoms with Crippen LogP contribution in [0.5, 0.6) is 0 Å². The van der Waals surface area contributed by atoms with E-state index in [0.717, 1.165) is 39.2 Å². The zero-order valence-electron chi connectivity index (χ0n) is 34.9. The quantitative estimate of drug-likeness (QED) is 0.141. The summed E-state index contributed by atoms with van der Waals surface area (Å²) in [5, 5.41) is 20.1. The van der Waals surface area contributed by atoms with Crippen molar-refractivity contribution in [3.8, 4) is 6.07 Å². The highest BCUT2D eigenvalue weighted by atomic mass is 32.2. The van der Waals surface area contributed by atoms with Crippen LogP contribution in [0.25, 0.3) is 11.0 Å². The van der Waals surface area contributed by atoms with Crippen molar-refractivity contribution in [2.24, 2.45) is 7.05 Å². The first kappa shape index (κ1) is 41.7. The number of anilines is 4. The lowest BCUT2D eigenvalue weighted by molar-refractivity contribution is -0.129. The number of rotatable bonds is 14. The SMILES string of the molecule is Cc1cc2nc(CN(C)c3nc(Nc4cccc(CN5CCN(S(=O)(=O)c6cnn(C)c6C)CC5)c4)nc(N[C@@H](Cc4ccc(C#N)cc4)C(=O)N(C)C)n3)[nH]c2cc1C. The van der Waals surface area contributed by atoms with Gasteiger partial charge in [-0.15, -0.1) is 0 Å². The summed E-state index contributed by atoms with van der Waals surface area (Å²) in [6.07, 6.45) is 1.74. The predicted octanol–water partition coefficient (Wildman–Crippen LogP) is 4.28. The van der Waals surface area contributed by atoms with E-state index in [2.05, 4.69) is 57.7 Å². The Kier molecular flexibility index (Phi) is 12.1. The summed E-state index contributed by atoms with van der Waals surface area (Å²) in [6, 6.07) is 20.6. The van der Waals surface area contributed by atoms with E-state index < -0.39 is 16.1 Å². The summed E-state index contributed by atoms with van der Waals surface area (Å²) < 4.78 is 29.8. The molecule has 1 saturated heterocycles. The molecule has 0 spiro atoms. The number of aromatic amines is 1. The molecule has 1 fully saturated rings. The molecule has 17 nitrogen and oxygen atoms in total. The lowest BCUT2D eigenvalue weighted by atomic mass is 10.0. The molecule has 0 bridgehead atoms. The minimum absolute atomic E-state index is 0.171. The number of aromatic nitrogens is 7. The second-order valence-electron chi connectivity index (χ2n) is 15.4. The number of hydrogen-bond donors (Lipinski definition) is 3. The number of likely N-dealkylation sites (N-methyl/N-ethyl adjacent to an activating group) is 1. The molecule has 3 N–H and O–H groups in total. The van der Waals surface area contributed by atoms with E-state index in [0.29, 0.717) is 62.9 Å². The van der Waals surface area contributed by atoms with E-state index in [9.17, 15) is 18.5 Å². The van der Waals surface area contributed by atoms with Crippen molar-refractivity contribution in [3.05, 3.63) is 106 Å². The molecule has 4 heterocycles. The molecule has 0 unspecified atom stereocenters. The van der Waals surface area contributed by atoms with Crippen LogP contribution in [0.2, 0.25) is 0 Å². The average Bonchev–Trinajstić information content (AvgIpc) is 3.78. The Labute approximate surface area is 350 Å². The standard InChI is InChI=1S/C42H50N14O3S/c1-27-19-34-35(20-28(27)2)47-38(46-34)26-53(6)42-50-40(49-41(51-42)48-36(39(57)52(4)5)22-30-11-13-31(23-43)14-12-30)45-33-10-8-9-32(21-33)25-55-15-17-56(18-16-55)60(58,59)37-24-44-54(7)29(37)3/h8-14,19-21,24,36H,15-18,22,25-26H2,1-7H3,(H,46,47)(H2,45,48,49,50,51)/t36-/m0/s1. The number of aryl methyl sites for hydroxylation is 3. The van der Waals surface area contributed by atoms with Gasteiger partial charge in [0.05, 0.1) is 41.1 Å². The van der Waals surface area contributed by atoms with Gasteiger partial charge in [0.15, 0.2) is 0 Å². The molecule has 7 rings (SSSR count). The summed E-state index contributed by atoms with van der Waals surface area (Å²) in [4.78, 5) is 42.0. The van der Waals surface area contributed by atoms with Crippen molar-refractivity contribution in [2.45, 2.75) is 51.2 Å². The number of benzene rings is 3. The Morgan fingerprint density at radius 2 is 1.63 bits per heavy atom. The summed E-state index contributed by atoms with van der Waals surface area (Å²) in [6.45, 7) is 8.79. The predicted molar refractivity (Wildman–Crippen MR) is 230 cm³/mol. The number of nitrogens with one attached hydrogen (secondary N) is 3. The lowest BCUT2D eigenvalue weighted by Gasteiger charge is -2.34. The Morgan fingerprint density at radius 1 is 0.917 bits per heavy atom. The third kappa shape index (κ3) is 9.38. The van der Waals surface area contributed by atoms with Crippen LogP contribution in [-0.4, -0.2) is 116 Å². The van der Waals surface area contributed by atoms with Gasteiger partial charge < -0.3 is 25.4 Å². The third-order valence-electron chi connectivity index (χ3n) is 10.8. The molecule has 3 aromatic heterocycles. The maximum absolute atomic E-state index is 13.6. The number of sulfonamides is 1. The molecule has 60 heavy (non-hydrogen) atoms. The minimum Gasteiger partial charge on any atom is -0.347 e. The van der Waals surface area contributed by atoms with Gasteiger partial charge in [-0.25, -0.2) is 13.4 Å². The fourth-order valence-electron chi connectivity index (χ4n) is 7.10. The Balaban J connectivity index is 1.12. The first-order chi connectivity index (χ1) is 28.7. The molecule has 1 atom stereocenters. The molecule has 0 aliphatic carbocycles. The molecule has 1 amide bonds. The number of nitrogens with zero attached hydrogens (tertiary/aromatic N) is 11. The molecule has 0 radical (unpaired) electrons. The molecular formula is C42H50N14O3S. The first-order valence-electron chi connectivity index (χ1n) is 19.6. The van der Waals surface area contributed by atoms with Crippen molar-refractivity contribution in [3.63, 3.8) is 0 Å². The fourth-order valence-corrected chi connectivity index (χ4v) is 8.71. The van der Waals surface area contributed by atoms with Crippen LogP contribution in [-0.2, 0) is 41.4 Å². The monoisotopic (exact) mass is 830 g/mol. The normalized spacial score (nSPS) is 14.2. The van der Waals surface area contributed by atoms with Crippen molar-refractivity contribution in [2.75, 3.05) is 62.9 Å². The van der Waals surface area contributed by atoms with Crippen LogP contribution < -0.4 is 15.5 Å². The highest BCUT2D eigenvalue weighted by Crippen LogP contribution is 2.25. The number of carbonyl (C=O) groups is 1. The van der Waals surface area contributed by atoms with Crippen LogP contribution in [0.1, 0.15) is 39.3 Å². The topological polar surface area (TPSA) is 197 Å². The van der Waals surface area contributed by atoms with E-state index in [1.807, 2.05) is 48.3 Å². The highest BCUT2D eigenvalue weighted by Gasteiger charge is 2.31. The zero-order chi connectivity index (χ0) is 42.7. The Hall–Kier alpha value is -6.42. The fraction of sp³-hybridized carbons (Fsp3) is 0.357. The van der Waals surface area contributed by atoms with E-state index in [-0.39, 0.29) is 22.7 Å². The summed E-state index contributed by atoms with van der Waals surface area (Å²) in [5.74, 6) is 1.38. The van der Waals surface area contributed by atoms with Crippen LogP contribution in [0.4, 0.5) is 23.5 Å². The number of H-pyrrole nitrogens is 1. The van der Waals surface area contributed by atoms with Gasteiger partial charge in [0.2, 0.25) is 33.8 Å². The number of carbonyl (C=O) groups excluding carboxylic acids is 1. The van der Waals surface area contributed by atoms with Crippen LogP contribution in [0, 0.1) is 32.1 Å².